The minimum absolute atomic E-state index is 0.481. The van der Waals surface area contributed by atoms with Crippen molar-refractivity contribution in [3.8, 4) is 0 Å². The first kappa shape index (κ1) is 14.0. The minimum atomic E-state index is 0.481. The Balaban J connectivity index is 1.71. The number of aromatic nitrogens is 2. The molecule has 2 aliphatic rings. The van der Waals surface area contributed by atoms with Crippen LogP contribution in [0.1, 0.15) is 68.1 Å². The van der Waals surface area contributed by atoms with Crippen molar-refractivity contribution in [2.24, 2.45) is 5.41 Å². The maximum absolute atomic E-state index is 6.52. The lowest BCUT2D eigenvalue weighted by atomic mass is 9.73. The molecule has 4 rings (SSSR count). The van der Waals surface area contributed by atoms with E-state index in [-0.39, 0.29) is 0 Å². The Labute approximate surface area is 134 Å². The van der Waals surface area contributed by atoms with Gasteiger partial charge in [0.25, 0.3) is 0 Å². The molecule has 2 nitrogen and oxygen atoms in total. The van der Waals surface area contributed by atoms with E-state index in [4.69, 9.17) is 16.6 Å². The highest BCUT2D eigenvalue weighted by Gasteiger charge is 2.30. The molecule has 0 spiro atoms. The summed E-state index contributed by atoms with van der Waals surface area (Å²) in [5, 5.41) is 1.84. The topological polar surface area (TPSA) is 25.8 Å². The predicted molar refractivity (Wildman–Crippen MR) is 89.4 cm³/mol. The summed E-state index contributed by atoms with van der Waals surface area (Å²) in [5.74, 6) is 1.49. The number of thiophene rings is 1. The second-order valence-electron chi connectivity index (χ2n) is 7.35. The van der Waals surface area contributed by atoms with Crippen LogP contribution < -0.4 is 0 Å². The van der Waals surface area contributed by atoms with Gasteiger partial charge in [0.15, 0.2) is 0 Å². The lowest BCUT2D eigenvalue weighted by Gasteiger charge is -2.33. The summed E-state index contributed by atoms with van der Waals surface area (Å²) >= 11 is 8.36. The van der Waals surface area contributed by atoms with Gasteiger partial charge in [-0.2, -0.15) is 0 Å². The standard InChI is InChI=1S/C17H21ClN2S/c1-17(2)8-6-10(7-9-17)15-19-14(18)13-11-4-3-5-12(11)21-16(13)20-15/h10H,3-9H2,1-2H3. The van der Waals surface area contributed by atoms with Crippen molar-refractivity contribution in [1.82, 2.24) is 9.97 Å². The van der Waals surface area contributed by atoms with E-state index in [2.05, 4.69) is 18.8 Å². The van der Waals surface area contributed by atoms with Crippen LogP contribution in [0.25, 0.3) is 10.2 Å². The normalized spacial score (nSPS) is 21.9. The van der Waals surface area contributed by atoms with E-state index in [9.17, 15) is 0 Å². The van der Waals surface area contributed by atoms with E-state index < -0.39 is 0 Å². The lowest BCUT2D eigenvalue weighted by molar-refractivity contribution is 0.221. The van der Waals surface area contributed by atoms with Gasteiger partial charge < -0.3 is 0 Å². The average molecular weight is 321 g/mol. The van der Waals surface area contributed by atoms with Crippen LogP contribution in [0.3, 0.4) is 0 Å². The number of rotatable bonds is 1. The average Bonchev–Trinajstić information content (AvgIpc) is 2.98. The van der Waals surface area contributed by atoms with Crippen molar-refractivity contribution in [2.75, 3.05) is 0 Å². The SMILES string of the molecule is CC1(C)CCC(c2nc(Cl)c3c4c(sc3n2)CCC4)CC1. The molecule has 2 aromatic rings. The zero-order chi connectivity index (χ0) is 14.6. The highest BCUT2D eigenvalue weighted by Crippen LogP contribution is 2.44. The van der Waals surface area contributed by atoms with Crippen molar-refractivity contribution in [2.45, 2.75) is 64.7 Å². The van der Waals surface area contributed by atoms with Crippen LogP contribution in [0.4, 0.5) is 0 Å². The zero-order valence-corrected chi connectivity index (χ0v) is 14.3. The number of nitrogens with zero attached hydrogens (tertiary/aromatic N) is 2. The van der Waals surface area contributed by atoms with Gasteiger partial charge in [-0.1, -0.05) is 25.4 Å². The Bertz CT molecular complexity index is 694. The van der Waals surface area contributed by atoms with E-state index in [1.165, 1.54) is 49.0 Å². The van der Waals surface area contributed by atoms with Crippen molar-refractivity contribution >= 4 is 33.2 Å². The molecule has 0 aliphatic heterocycles. The van der Waals surface area contributed by atoms with E-state index in [1.807, 2.05) is 11.3 Å². The molecular weight excluding hydrogens is 300 g/mol. The number of hydrogen-bond acceptors (Lipinski definition) is 3. The third-order valence-corrected chi connectivity index (χ3v) is 6.70. The van der Waals surface area contributed by atoms with Crippen LogP contribution >= 0.6 is 22.9 Å². The molecule has 0 bridgehead atoms. The Morgan fingerprint density at radius 3 is 2.67 bits per heavy atom. The van der Waals surface area contributed by atoms with Crippen molar-refractivity contribution in [3.63, 3.8) is 0 Å². The Morgan fingerprint density at radius 2 is 1.90 bits per heavy atom. The molecule has 112 valence electrons. The molecule has 0 unspecified atom stereocenters. The van der Waals surface area contributed by atoms with Gasteiger partial charge in [0.1, 0.15) is 15.8 Å². The summed E-state index contributed by atoms with van der Waals surface area (Å²) in [6.45, 7) is 4.73. The van der Waals surface area contributed by atoms with Crippen LogP contribution in [0, 0.1) is 5.41 Å². The molecule has 0 aromatic carbocycles. The smallest absolute Gasteiger partial charge is 0.141 e. The maximum Gasteiger partial charge on any atom is 0.141 e. The second kappa shape index (κ2) is 4.92. The Hall–Kier alpha value is -0.670. The highest BCUT2D eigenvalue weighted by molar-refractivity contribution is 7.19. The molecule has 2 heterocycles. The van der Waals surface area contributed by atoms with Crippen LogP contribution in [0.5, 0.6) is 0 Å². The third-order valence-electron chi connectivity index (χ3n) is 5.24. The number of halogens is 1. The monoisotopic (exact) mass is 320 g/mol. The van der Waals surface area contributed by atoms with Gasteiger partial charge in [-0.15, -0.1) is 11.3 Å². The van der Waals surface area contributed by atoms with Crippen molar-refractivity contribution < 1.29 is 0 Å². The van der Waals surface area contributed by atoms with Crippen molar-refractivity contribution in [1.29, 1.82) is 0 Å². The molecule has 2 aliphatic carbocycles. The number of hydrogen-bond donors (Lipinski definition) is 0. The lowest BCUT2D eigenvalue weighted by Crippen LogP contribution is -2.21. The van der Waals surface area contributed by atoms with Crippen LogP contribution in [-0.4, -0.2) is 9.97 Å². The van der Waals surface area contributed by atoms with Crippen molar-refractivity contribution in [3.05, 3.63) is 21.4 Å². The summed E-state index contributed by atoms with van der Waals surface area (Å²) in [6, 6.07) is 0. The van der Waals surface area contributed by atoms with Gasteiger partial charge >= 0.3 is 0 Å². The number of aryl methyl sites for hydroxylation is 2. The number of fused-ring (bicyclic) bond motifs is 3. The summed E-state index contributed by atoms with van der Waals surface area (Å²) in [4.78, 5) is 12.2. The third kappa shape index (κ3) is 2.39. The van der Waals surface area contributed by atoms with Gasteiger partial charge in [-0.05, 0) is 55.9 Å². The van der Waals surface area contributed by atoms with Gasteiger partial charge in [-0.3, -0.25) is 0 Å². The molecule has 0 amide bonds. The fraction of sp³-hybridized carbons (Fsp3) is 0.647. The molecular formula is C17H21ClN2S. The molecule has 21 heavy (non-hydrogen) atoms. The summed E-state index contributed by atoms with van der Waals surface area (Å²) < 4.78 is 0. The second-order valence-corrected chi connectivity index (χ2v) is 8.79. The minimum Gasteiger partial charge on any atom is -0.222 e. The van der Waals surface area contributed by atoms with Gasteiger partial charge in [0, 0.05) is 10.8 Å². The Morgan fingerprint density at radius 1 is 1.14 bits per heavy atom. The summed E-state index contributed by atoms with van der Waals surface area (Å²) in [7, 11) is 0. The summed E-state index contributed by atoms with van der Waals surface area (Å²) in [5.41, 5.74) is 1.91. The first-order chi connectivity index (χ1) is 10.0. The van der Waals surface area contributed by atoms with Crippen LogP contribution in [0.2, 0.25) is 5.15 Å². The first-order valence-electron chi connectivity index (χ1n) is 8.01. The molecule has 1 saturated carbocycles. The molecule has 2 aromatic heterocycles. The van der Waals surface area contributed by atoms with Gasteiger partial charge in [0.05, 0.1) is 5.39 Å². The zero-order valence-electron chi connectivity index (χ0n) is 12.7. The molecule has 0 N–H and O–H groups in total. The quantitative estimate of drug-likeness (QED) is 0.647. The van der Waals surface area contributed by atoms with E-state index >= 15 is 0 Å². The predicted octanol–water partition coefficient (Wildman–Crippen LogP) is 5.52. The van der Waals surface area contributed by atoms with Crippen LogP contribution in [0.15, 0.2) is 0 Å². The fourth-order valence-corrected chi connectivity index (χ4v) is 5.42. The molecule has 4 heteroatoms. The first-order valence-corrected chi connectivity index (χ1v) is 9.21. The van der Waals surface area contributed by atoms with Gasteiger partial charge in [0.2, 0.25) is 0 Å². The largest absolute Gasteiger partial charge is 0.222 e. The van der Waals surface area contributed by atoms with E-state index in [0.717, 1.165) is 22.5 Å². The Kier molecular flexibility index (Phi) is 3.27. The molecule has 0 radical (unpaired) electrons. The maximum atomic E-state index is 6.52. The highest BCUT2D eigenvalue weighted by atomic mass is 35.5. The van der Waals surface area contributed by atoms with E-state index in [1.54, 1.807) is 0 Å². The molecule has 0 saturated heterocycles. The molecule has 0 atom stereocenters. The fourth-order valence-electron chi connectivity index (χ4n) is 3.81. The van der Waals surface area contributed by atoms with E-state index in [0.29, 0.717) is 16.5 Å². The molecule has 1 fully saturated rings. The van der Waals surface area contributed by atoms with Gasteiger partial charge in [-0.25, -0.2) is 9.97 Å². The van der Waals surface area contributed by atoms with Crippen LogP contribution in [-0.2, 0) is 12.8 Å². The summed E-state index contributed by atoms with van der Waals surface area (Å²) in [6.07, 6.45) is 8.51.